The molecule has 3 aliphatic heterocycles. The highest BCUT2D eigenvalue weighted by molar-refractivity contribution is 6.11. The van der Waals surface area contributed by atoms with Gasteiger partial charge >= 0.3 is 6.03 Å². The largest absolute Gasteiger partial charge is 0.497 e. The molecule has 1 aromatic carbocycles. The minimum atomic E-state index is -0.571. The molecule has 32 heavy (non-hydrogen) atoms. The van der Waals surface area contributed by atoms with Crippen LogP contribution >= 0.6 is 0 Å². The van der Waals surface area contributed by atoms with E-state index in [1.165, 1.54) is 4.90 Å². The fraction of sp³-hybridized carbons (Fsp3) is 0.522. The second-order valence-corrected chi connectivity index (χ2v) is 8.29. The lowest BCUT2D eigenvalue weighted by atomic mass is 10.1. The maximum atomic E-state index is 13.5. The minimum absolute atomic E-state index is 0.191. The van der Waals surface area contributed by atoms with Gasteiger partial charge in [-0.05, 0) is 32.4 Å². The molecule has 3 aliphatic rings. The quantitative estimate of drug-likeness (QED) is 0.605. The van der Waals surface area contributed by atoms with Gasteiger partial charge < -0.3 is 14.4 Å². The molecule has 3 amide bonds. The molecule has 1 saturated heterocycles. The normalized spacial score (nSPS) is 22.5. The number of nitrogens with zero attached hydrogens (tertiary/aromatic N) is 5. The summed E-state index contributed by atoms with van der Waals surface area (Å²) < 4.78 is 11.0. The third-order valence-corrected chi connectivity index (χ3v) is 6.51. The number of hydrogen-bond donors (Lipinski definition) is 0. The molecule has 0 bridgehead atoms. The maximum Gasteiger partial charge on any atom is 0.328 e. The second kappa shape index (κ2) is 8.37. The monoisotopic (exact) mass is 441 g/mol. The SMILES string of the molecule is CCCCCN1C(=O)C2C(N=C3N(c4ccc(OC)cc4OC)C(C)=C(C)N32)N(C)C1=O. The van der Waals surface area contributed by atoms with Crippen molar-refractivity contribution in [1.29, 1.82) is 0 Å². The van der Waals surface area contributed by atoms with Crippen LogP contribution in [0.3, 0.4) is 0 Å². The zero-order valence-corrected chi connectivity index (χ0v) is 19.6. The summed E-state index contributed by atoms with van der Waals surface area (Å²) in [4.78, 5) is 38.2. The van der Waals surface area contributed by atoms with Crippen LogP contribution < -0.4 is 14.4 Å². The van der Waals surface area contributed by atoms with Gasteiger partial charge in [-0.2, -0.15) is 0 Å². The molecule has 3 heterocycles. The van der Waals surface area contributed by atoms with Gasteiger partial charge in [0.05, 0.1) is 19.9 Å². The van der Waals surface area contributed by atoms with E-state index >= 15 is 0 Å². The van der Waals surface area contributed by atoms with Gasteiger partial charge in [-0.15, -0.1) is 0 Å². The predicted octanol–water partition coefficient (Wildman–Crippen LogP) is 3.23. The first-order valence-corrected chi connectivity index (χ1v) is 11.0. The number of anilines is 1. The maximum absolute atomic E-state index is 13.5. The third-order valence-electron chi connectivity index (χ3n) is 6.51. The summed E-state index contributed by atoms with van der Waals surface area (Å²) in [5.74, 6) is 1.75. The third kappa shape index (κ3) is 3.18. The number of carbonyl (C=O) groups excluding carboxylic acids is 2. The number of allylic oxidation sites excluding steroid dienone is 2. The molecule has 9 nitrogen and oxygen atoms in total. The van der Waals surface area contributed by atoms with Crippen molar-refractivity contribution < 1.29 is 19.1 Å². The Morgan fingerprint density at radius 2 is 1.81 bits per heavy atom. The summed E-state index contributed by atoms with van der Waals surface area (Å²) in [5, 5.41) is 0. The first kappa shape index (κ1) is 22.0. The molecule has 0 saturated carbocycles. The minimum Gasteiger partial charge on any atom is -0.497 e. The average molecular weight is 442 g/mol. The number of guanidine groups is 1. The number of amides is 3. The van der Waals surface area contributed by atoms with Crippen molar-refractivity contribution in [2.75, 3.05) is 32.7 Å². The molecule has 0 aromatic heterocycles. The molecular formula is C23H31N5O4. The molecule has 0 N–H and O–H groups in total. The lowest BCUT2D eigenvalue weighted by Crippen LogP contribution is -2.64. The van der Waals surface area contributed by atoms with E-state index in [9.17, 15) is 9.59 Å². The van der Waals surface area contributed by atoms with E-state index in [-0.39, 0.29) is 11.9 Å². The Labute approximate surface area is 188 Å². The van der Waals surface area contributed by atoms with Crippen LogP contribution in [0.1, 0.15) is 40.0 Å². The first-order valence-electron chi connectivity index (χ1n) is 11.0. The van der Waals surface area contributed by atoms with Crippen molar-refractivity contribution in [3.63, 3.8) is 0 Å². The molecule has 2 unspecified atom stereocenters. The number of likely N-dealkylation sites (N-methyl/N-ethyl adjacent to an activating group) is 1. The number of imide groups is 1. The number of ether oxygens (including phenoxy) is 2. The van der Waals surface area contributed by atoms with Gasteiger partial charge in [0, 0.05) is 31.1 Å². The number of fused-ring (bicyclic) bond motifs is 3. The second-order valence-electron chi connectivity index (χ2n) is 8.29. The van der Waals surface area contributed by atoms with Gasteiger partial charge in [0.15, 0.2) is 12.2 Å². The summed E-state index contributed by atoms with van der Waals surface area (Å²) in [7, 11) is 4.94. The van der Waals surface area contributed by atoms with Gasteiger partial charge in [0.25, 0.3) is 5.91 Å². The average Bonchev–Trinajstić information content (AvgIpc) is 3.29. The molecule has 9 heteroatoms. The Hall–Kier alpha value is -3.23. The van der Waals surface area contributed by atoms with Crippen LogP contribution in [0.2, 0.25) is 0 Å². The van der Waals surface area contributed by atoms with Crippen molar-refractivity contribution in [3.05, 3.63) is 29.6 Å². The van der Waals surface area contributed by atoms with E-state index in [0.29, 0.717) is 24.0 Å². The van der Waals surface area contributed by atoms with Gasteiger partial charge in [0.2, 0.25) is 5.96 Å². The van der Waals surface area contributed by atoms with Gasteiger partial charge in [-0.1, -0.05) is 19.8 Å². The number of carbonyl (C=O) groups is 2. The fourth-order valence-corrected chi connectivity index (χ4v) is 4.60. The Morgan fingerprint density at radius 3 is 2.47 bits per heavy atom. The zero-order valence-electron chi connectivity index (χ0n) is 19.6. The molecule has 0 radical (unpaired) electrons. The number of methoxy groups -OCH3 is 2. The van der Waals surface area contributed by atoms with Crippen molar-refractivity contribution >= 4 is 23.6 Å². The summed E-state index contributed by atoms with van der Waals surface area (Å²) in [6, 6.07) is 4.74. The lowest BCUT2D eigenvalue weighted by Gasteiger charge is -2.40. The Balaban J connectivity index is 1.72. The Morgan fingerprint density at radius 1 is 1.06 bits per heavy atom. The van der Waals surface area contributed by atoms with Crippen molar-refractivity contribution in [2.45, 2.75) is 52.2 Å². The number of aliphatic imine (C=N–C) groups is 1. The van der Waals surface area contributed by atoms with Crippen molar-refractivity contribution in [2.24, 2.45) is 4.99 Å². The van der Waals surface area contributed by atoms with Crippen LogP contribution in [0.25, 0.3) is 0 Å². The van der Waals surface area contributed by atoms with Crippen LogP contribution in [-0.4, -0.2) is 72.6 Å². The standard InChI is InChI=1S/C23H31N5O4/c1-7-8-9-12-26-21(29)19-20(25(4)23(26)30)24-22-27(14(2)15(3)28(19)22)17-11-10-16(31-5)13-18(17)32-6/h10-11,13,19-20H,7-9,12H2,1-6H3. The van der Waals surface area contributed by atoms with Crippen LogP contribution in [0, 0.1) is 0 Å². The highest BCUT2D eigenvalue weighted by Crippen LogP contribution is 2.43. The number of benzene rings is 1. The molecule has 2 atom stereocenters. The molecule has 1 fully saturated rings. The highest BCUT2D eigenvalue weighted by atomic mass is 16.5. The van der Waals surface area contributed by atoms with Crippen LogP contribution in [0.15, 0.2) is 34.6 Å². The van der Waals surface area contributed by atoms with E-state index in [2.05, 4.69) is 6.92 Å². The first-order chi connectivity index (χ1) is 15.3. The van der Waals surface area contributed by atoms with Crippen LogP contribution in [0.5, 0.6) is 11.5 Å². The Bertz CT molecular complexity index is 1000. The number of unbranched alkanes of at least 4 members (excludes halogenated alkanes) is 2. The predicted molar refractivity (Wildman–Crippen MR) is 122 cm³/mol. The van der Waals surface area contributed by atoms with Gasteiger partial charge in [-0.3, -0.25) is 19.5 Å². The van der Waals surface area contributed by atoms with Crippen LogP contribution in [-0.2, 0) is 4.79 Å². The molecule has 172 valence electrons. The number of rotatable bonds is 7. The number of urea groups is 1. The summed E-state index contributed by atoms with van der Waals surface area (Å²) >= 11 is 0. The van der Waals surface area contributed by atoms with Crippen LogP contribution in [0.4, 0.5) is 10.5 Å². The van der Waals surface area contributed by atoms with Crippen molar-refractivity contribution in [3.8, 4) is 11.5 Å². The van der Waals surface area contributed by atoms with Gasteiger partial charge in [0.1, 0.15) is 11.5 Å². The highest BCUT2D eigenvalue weighted by Gasteiger charge is 2.56. The van der Waals surface area contributed by atoms with Gasteiger partial charge in [-0.25, -0.2) is 9.79 Å². The molecule has 4 rings (SSSR count). The molecule has 1 aromatic rings. The molecule has 0 spiro atoms. The summed E-state index contributed by atoms with van der Waals surface area (Å²) in [5.41, 5.74) is 2.68. The van der Waals surface area contributed by atoms with E-state index in [1.54, 1.807) is 26.2 Å². The lowest BCUT2D eigenvalue weighted by molar-refractivity contribution is -0.136. The van der Waals surface area contributed by atoms with E-state index in [1.807, 2.05) is 41.8 Å². The summed E-state index contributed by atoms with van der Waals surface area (Å²) in [6.45, 7) is 6.51. The van der Waals surface area contributed by atoms with E-state index in [4.69, 9.17) is 14.5 Å². The topological polar surface area (TPSA) is 77.9 Å². The smallest absolute Gasteiger partial charge is 0.328 e. The summed E-state index contributed by atoms with van der Waals surface area (Å²) in [6.07, 6.45) is 2.23. The van der Waals surface area contributed by atoms with Crippen molar-refractivity contribution in [1.82, 2.24) is 14.7 Å². The van der Waals surface area contributed by atoms with E-state index < -0.39 is 12.2 Å². The fourth-order valence-electron chi connectivity index (χ4n) is 4.60. The Kier molecular flexibility index (Phi) is 5.75. The molecular weight excluding hydrogens is 410 g/mol. The molecule has 0 aliphatic carbocycles. The number of hydrogen-bond acceptors (Lipinski definition) is 7. The van der Waals surface area contributed by atoms with E-state index in [0.717, 1.165) is 36.3 Å². The zero-order chi connectivity index (χ0) is 23.2.